The number of nitrogens with one attached hydrogen (secondary N) is 1. The van der Waals surface area contributed by atoms with Crippen molar-refractivity contribution in [2.75, 3.05) is 12.3 Å². The molecule has 0 radical (unpaired) electrons. The van der Waals surface area contributed by atoms with Gasteiger partial charge in [-0.3, -0.25) is 0 Å². The number of hydrogen-bond acceptors (Lipinski definition) is 2. The molecule has 0 aromatic rings. The molecule has 1 aliphatic heterocycles. The molecule has 0 aliphatic carbocycles. The van der Waals surface area contributed by atoms with E-state index in [4.69, 9.17) is 0 Å². The standard InChI is InChI=1S/C7H15NS/c1-3-7-6(2)9-5-4-8-7/h6-8H,3-5H2,1-2H3/t6-,7-/m0/s1. The van der Waals surface area contributed by atoms with Gasteiger partial charge in [0.25, 0.3) is 0 Å². The molecule has 1 heterocycles. The third-order valence-electron chi connectivity index (χ3n) is 1.90. The molecule has 2 atom stereocenters. The first kappa shape index (κ1) is 7.42. The van der Waals surface area contributed by atoms with Gasteiger partial charge in [0.05, 0.1) is 0 Å². The molecule has 0 spiro atoms. The SMILES string of the molecule is CC[C@@H]1NCCS[C@H]1C. The summed E-state index contributed by atoms with van der Waals surface area (Å²) in [5, 5.41) is 4.32. The highest BCUT2D eigenvalue weighted by Gasteiger charge is 2.18. The van der Waals surface area contributed by atoms with Gasteiger partial charge in [0.1, 0.15) is 0 Å². The molecule has 0 aromatic heterocycles. The quantitative estimate of drug-likeness (QED) is 0.600. The second kappa shape index (κ2) is 3.47. The largest absolute Gasteiger partial charge is 0.312 e. The summed E-state index contributed by atoms with van der Waals surface area (Å²) in [5.74, 6) is 1.29. The van der Waals surface area contributed by atoms with Crippen molar-refractivity contribution in [2.24, 2.45) is 0 Å². The molecule has 0 bridgehead atoms. The Balaban J connectivity index is 2.30. The molecule has 54 valence electrons. The van der Waals surface area contributed by atoms with Crippen LogP contribution < -0.4 is 5.32 Å². The summed E-state index contributed by atoms with van der Waals surface area (Å²) in [6.45, 7) is 5.76. The maximum atomic E-state index is 3.50. The number of rotatable bonds is 1. The second-order valence-corrected chi connectivity index (χ2v) is 4.03. The minimum Gasteiger partial charge on any atom is -0.312 e. The summed E-state index contributed by atoms with van der Waals surface area (Å²) in [7, 11) is 0. The Hall–Kier alpha value is 0.310. The average molecular weight is 145 g/mol. The Morgan fingerprint density at radius 2 is 2.44 bits per heavy atom. The van der Waals surface area contributed by atoms with Gasteiger partial charge in [-0.2, -0.15) is 11.8 Å². The van der Waals surface area contributed by atoms with E-state index in [9.17, 15) is 0 Å². The fourth-order valence-corrected chi connectivity index (χ4v) is 2.38. The van der Waals surface area contributed by atoms with Crippen molar-refractivity contribution in [2.45, 2.75) is 31.6 Å². The van der Waals surface area contributed by atoms with Crippen LogP contribution in [0.3, 0.4) is 0 Å². The van der Waals surface area contributed by atoms with E-state index in [-0.39, 0.29) is 0 Å². The van der Waals surface area contributed by atoms with Crippen LogP contribution >= 0.6 is 11.8 Å². The third-order valence-corrected chi connectivity index (χ3v) is 3.19. The molecule has 1 rings (SSSR count). The van der Waals surface area contributed by atoms with E-state index in [1.165, 1.54) is 18.7 Å². The van der Waals surface area contributed by atoms with Crippen molar-refractivity contribution in [3.8, 4) is 0 Å². The van der Waals surface area contributed by atoms with E-state index >= 15 is 0 Å². The summed E-state index contributed by atoms with van der Waals surface area (Å²) < 4.78 is 0. The monoisotopic (exact) mass is 145 g/mol. The molecule has 1 N–H and O–H groups in total. The van der Waals surface area contributed by atoms with Crippen molar-refractivity contribution in [3.05, 3.63) is 0 Å². The molecular weight excluding hydrogens is 130 g/mol. The Bertz CT molecular complexity index is 85.0. The third kappa shape index (κ3) is 1.87. The first-order chi connectivity index (χ1) is 4.34. The zero-order valence-corrected chi connectivity index (χ0v) is 7.00. The van der Waals surface area contributed by atoms with E-state index in [0.29, 0.717) is 0 Å². The average Bonchev–Trinajstić information content (AvgIpc) is 1.89. The molecule has 0 saturated carbocycles. The minimum atomic E-state index is 0.767. The van der Waals surface area contributed by atoms with E-state index < -0.39 is 0 Å². The predicted octanol–water partition coefficient (Wildman–Crippen LogP) is 1.49. The topological polar surface area (TPSA) is 12.0 Å². The Labute approximate surface area is 61.6 Å². The molecule has 1 aliphatic rings. The van der Waals surface area contributed by atoms with Crippen LogP contribution in [0.15, 0.2) is 0 Å². The van der Waals surface area contributed by atoms with Crippen LogP contribution in [0.1, 0.15) is 20.3 Å². The van der Waals surface area contributed by atoms with Gasteiger partial charge in [-0.25, -0.2) is 0 Å². The Kier molecular flexibility index (Phi) is 2.86. The van der Waals surface area contributed by atoms with Crippen molar-refractivity contribution in [1.82, 2.24) is 5.32 Å². The van der Waals surface area contributed by atoms with E-state index in [2.05, 4.69) is 30.9 Å². The first-order valence-corrected chi connectivity index (χ1v) is 4.74. The van der Waals surface area contributed by atoms with Crippen LogP contribution in [0.2, 0.25) is 0 Å². The maximum absolute atomic E-state index is 3.50. The Morgan fingerprint density at radius 1 is 1.67 bits per heavy atom. The lowest BCUT2D eigenvalue weighted by Gasteiger charge is -2.28. The van der Waals surface area contributed by atoms with E-state index in [1.54, 1.807) is 0 Å². The Morgan fingerprint density at radius 3 is 2.89 bits per heavy atom. The van der Waals surface area contributed by atoms with Gasteiger partial charge in [-0.1, -0.05) is 13.8 Å². The van der Waals surface area contributed by atoms with Crippen molar-refractivity contribution in [3.63, 3.8) is 0 Å². The molecule has 1 nitrogen and oxygen atoms in total. The van der Waals surface area contributed by atoms with Crippen LogP contribution in [0, 0.1) is 0 Å². The summed E-state index contributed by atoms with van der Waals surface area (Å²) in [6, 6.07) is 0.767. The lowest BCUT2D eigenvalue weighted by Crippen LogP contribution is -2.41. The predicted molar refractivity (Wildman–Crippen MR) is 44.0 cm³/mol. The zero-order chi connectivity index (χ0) is 6.69. The van der Waals surface area contributed by atoms with E-state index in [0.717, 1.165) is 11.3 Å². The summed E-state index contributed by atoms with van der Waals surface area (Å²) in [5.41, 5.74) is 0. The van der Waals surface area contributed by atoms with Gasteiger partial charge in [-0.15, -0.1) is 0 Å². The van der Waals surface area contributed by atoms with Crippen molar-refractivity contribution >= 4 is 11.8 Å². The normalized spacial score (nSPS) is 36.7. The van der Waals surface area contributed by atoms with Crippen LogP contribution in [0.5, 0.6) is 0 Å². The second-order valence-electron chi connectivity index (χ2n) is 2.54. The van der Waals surface area contributed by atoms with E-state index in [1.807, 2.05) is 0 Å². The highest BCUT2D eigenvalue weighted by molar-refractivity contribution is 8.00. The van der Waals surface area contributed by atoms with Gasteiger partial charge in [0, 0.05) is 23.6 Å². The van der Waals surface area contributed by atoms with Crippen molar-refractivity contribution < 1.29 is 0 Å². The zero-order valence-electron chi connectivity index (χ0n) is 6.18. The minimum absolute atomic E-state index is 0.767. The smallest absolute Gasteiger partial charge is 0.0181 e. The fourth-order valence-electron chi connectivity index (χ4n) is 1.25. The van der Waals surface area contributed by atoms with Gasteiger partial charge >= 0.3 is 0 Å². The lowest BCUT2D eigenvalue weighted by atomic mass is 10.1. The molecular formula is C7H15NS. The molecule has 1 fully saturated rings. The first-order valence-electron chi connectivity index (χ1n) is 3.69. The maximum Gasteiger partial charge on any atom is 0.0181 e. The molecule has 0 unspecified atom stereocenters. The van der Waals surface area contributed by atoms with Crippen molar-refractivity contribution in [1.29, 1.82) is 0 Å². The highest BCUT2D eigenvalue weighted by atomic mass is 32.2. The van der Waals surface area contributed by atoms with Gasteiger partial charge in [0.15, 0.2) is 0 Å². The molecule has 0 amide bonds. The fraction of sp³-hybridized carbons (Fsp3) is 1.00. The molecule has 9 heavy (non-hydrogen) atoms. The highest BCUT2D eigenvalue weighted by Crippen LogP contribution is 2.19. The number of hydrogen-bond donors (Lipinski definition) is 1. The summed E-state index contributed by atoms with van der Waals surface area (Å²) >= 11 is 2.09. The summed E-state index contributed by atoms with van der Waals surface area (Å²) in [6.07, 6.45) is 1.27. The van der Waals surface area contributed by atoms with Gasteiger partial charge in [0.2, 0.25) is 0 Å². The summed E-state index contributed by atoms with van der Waals surface area (Å²) in [4.78, 5) is 0. The van der Waals surface area contributed by atoms with Crippen LogP contribution in [0.25, 0.3) is 0 Å². The van der Waals surface area contributed by atoms with Crippen LogP contribution in [-0.4, -0.2) is 23.6 Å². The molecule has 0 aromatic carbocycles. The van der Waals surface area contributed by atoms with Crippen LogP contribution in [0.4, 0.5) is 0 Å². The van der Waals surface area contributed by atoms with Crippen LogP contribution in [-0.2, 0) is 0 Å². The van der Waals surface area contributed by atoms with Gasteiger partial charge < -0.3 is 5.32 Å². The molecule has 1 saturated heterocycles. The molecule has 2 heteroatoms. The lowest BCUT2D eigenvalue weighted by molar-refractivity contribution is 0.498. The van der Waals surface area contributed by atoms with Gasteiger partial charge in [-0.05, 0) is 6.42 Å². The number of thioether (sulfide) groups is 1.